The molecule has 1 aliphatic heterocycles. The van der Waals surface area contributed by atoms with E-state index in [0.29, 0.717) is 18.9 Å². The topological polar surface area (TPSA) is 61.4 Å². The minimum absolute atomic E-state index is 0.0576. The number of rotatable bonds is 6. The first-order valence-corrected chi connectivity index (χ1v) is 6.94. The molecule has 3 N–H and O–H groups in total. The standard InChI is InChI=1S/C15H22N2O2/c18-11-14-3-1-12(2-4-14)10-17-15(19)6-5-13-7-8-16-9-13/h1-4,13,16,18H,5-11H2,(H,17,19). The van der Waals surface area contributed by atoms with Crippen LogP contribution in [0, 0.1) is 5.92 Å². The van der Waals surface area contributed by atoms with E-state index in [1.165, 1.54) is 6.42 Å². The lowest BCUT2D eigenvalue weighted by atomic mass is 10.0. The van der Waals surface area contributed by atoms with Gasteiger partial charge in [0.25, 0.3) is 0 Å². The van der Waals surface area contributed by atoms with Gasteiger partial charge in [-0.1, -0.05) is 24.3 Å². The van der Waals surface area contributed by atoms with Gasteiger partial charge in [0.2, 0.25) is 5.91 Å². The normalized spacial score (nSPS) is 18.5. The zero-order valence-corrected chi connectivity index (χ0v) is 11.2. The molecule has 1 saturated heterocycles. The maximum absolute atomic E-state index is 11.7. The molecule has 1 aliphatic rings. The van der Waals surface area contributed by atoms with Crippen LogP contribution >= 0.6 is 0 Å². The second-order valence-corrected chi connectivity index (χ2v) is 5.15. The number of aliphatic hydroxyl groups is 1. The van der Waals surface area contributed by atoms with Crippen molar-refractivity contribution in [2.45, 2.75) is 32.4 Å². The van der Waals surface area contributed by atoms with E-state index in [0.717, 1.165) is 30.6 Å². The van der Waals surface area contributed by atoms with Gasteiger partial charge in [0.1, 0.15) is 0 Å². The average Bonchev–Trinajstić information content (AvgIpc) is 2.96. The fraction of sp³-hybridized carbons (Fsp3) is 0.533. The van der Waals surface area contributed by atoms with Gasteiger partial charge in [-0.3, -0.25) is 4.79 Å². The van der Waals surface area contributed by atoms with Gasteiger partial charge in [0, 0.05) is 13.0 Å². The summed E-state index contributed by atoms with van der Waals surface area (Å²) in [5, 5.41) is 15.2. The van der Waals surface area contributed by atoms with Crippen LogP contribution in [-0.2, 0) is 17.9 Å². The predicted molar refractivity (Wildman–Crippen MR) is 74.4 cm³/mol. The van der Waals surface area contributed by atoms with Crippen LogP contribution < -0.4 is 10.6 Å². The SMILES string of the molecule is O=C(CCC1CCNC1)NCc1ccc(CO)cc1. The molecule has 0 saturated carbocycles. The van der Waals surface area contributed by atoms with Crippen LogP contribution in [0.2, 0.25) is 0 Å². The third kappa shape index (κ3) is 4.65. The minimum atomic E-state index is 0.0576. The van der Waals surface area contributed by atoms with Crippen molar-refractivity contribution in [2.75, 3.05) is 13.1 Å². The van der Waals surface area contributed by atoms with Crippen molar-refractivity contribution >= 4 is 5.91 Å². The Balaban J connectivity index is 1.67. The van der Waals surface area contributed by atoms with Crippen molar-refractivity contribution in [3.63, 3.8) is 0 Å². The van der Waals surface area contributed by atoms with Gasteiger partial charge in [-0.05, 0) is 43.0 Å². The van der Waals surface area contributed by atoms with Gasteiger partial charge in [-0.15, -0.1) is 0 Å². The summed E-state index contributed by atoms with van der Waals surface area (Å²) in [4.78, 5) is 11.7. The minimum Gasteiger partial charge on any atom is -0.392 e. The molecule has 1 aromatic rings. The van der Waals surface area contributed by atoms with Crippen LogP contribution in [0.3, 0.4) is 0 Å². The second kappa shape index (κ2) is 7.26. The summed E-state index contributed by atoms with van der Waals surface area (Å²) in [6, 6.07) is 7.64. The molecular weight excluding hydrogens is 240 g/mol. The molecule has 1 aromatic carbocycles. The zero-order chi connectivity index (χ0) is 13.5. The summed E-state index contributed by atoms with van der Waals surface area (Å²) in [6.45, 7) is 2.76. The molecule has 4 nitrogen and oxygen atoms in total. The molecule has 19 heavy (non-hydrogen) atoms. The number of hydrogen-bond donors (Lipinski definition) is 3. The fourth-order valence-electron chi connectivity index (χ4n) is 2.35. The summed E-state index contributed by atoms with van der Waals surface area (Å²) < 4.78 is 0. The Kier molecular flexibility index (Phi) is 5.36. The molecule has 0 spiro atoms. The summed E-state index contributed by atoms with van der Waals surface area (Å²) in [6.07, 6.45) is 2.78. The number of nitrogens with one attached hydrogen (secondary N) is 2. The van der Waals surface area contributed by atoms with Crippen molar-refractivity contribution < 1.29 is 9.90 Å². The highest BCUT2D eigenvalue weighted by Gasteiger charge is 2.15. The lowest BCUT2D eigenvalue weighted by molar-refractivity contribution is -0.121. The Hall–Kier alpha value is -1.39. The smallest absolute Gasteiger partial charge is 0.220 e. The molecule has 1 fully saturated rings. The van der Waals surface area contributed by atoms with Crippen LogP contribution in [0.5, 0.6) is 0 Å². The van der Waals surface area contributed by atoms with E-state index in [4.69, 9.17) is 5.11 Å². The molecule has 0 aliphatic carbocycles. The van der Waals surface area contributed by atoms with Gasteiger partial charge in [-0.25, -0.2) is 0 Å². The summed E-state index contributed by atoms with van der Waals surface area (Å²) in [5.74, 6) is 0.785. The van der Waals surface area contributed by atoms with Crippen LogP contribution in [0.4, 0.5) is 0 Å². The third-order valence-corrected chi connectivity index (χ3v) is 3.64. The highest BCUT2D eigenvalue weighted by molar-refractivity contribution is 5.75. The Morgan fingerprint density at radius 3 is 2.68 bits per heavy atom. The fourth-order valence-corrected chi connectivity index (χ4v) is 2.35. The van der Waals surface area contributed by atoms with Crippen LogP contribution in [0.1, 0.15) is 30.4 Å². The molecule has 1 heterocycles. The lowest BCUT2D eigenvalue weighted by Gasteiger charge is -2.09. The quantitative estimate of drug-likeness (QED) is 0.721. The average molecular weight is 262 g/mol. The Labute approximate surface area is 114 Å². The Bertz CT molecular complexity index is 397. The summed E-state index contributed by atoms with van der Waals surface area (Å²) in [7, 11) is 0. The molecule has 0 bridgehead atoms. The monoisotopic (exact) mass is 262 g/mol. The maximum atomic E-state index is 11.7. The number of amides is 1. The van der Waals surface area contributed by atoms with Crippen LogP contribution in [0.25, 0.3) is 0 Å². The first-order valence-electron chi connectivity index (χ1n) is 6.94. The van der Waals surface area contributed by atoms with Gasteiger partial charge in [0.15, 0.2) is 0 Å². The van der Waals surface area contributed by atoms with Gasteiger partial charge < -0.3 is 15.7 Å². The predicted octanol–water partition coefficient (Wildman–Crippen LogP) is 1.18. The summed E-state index contributed by atoms with van der Waals surface area (Å²) in [5.41, 5.74) is 1.96. The first-order chi connectivity index (χ1) is 9.28. The van der Waals surface area contributed by atoms with E-state index in [-0.39, 0.29) is 12.5 Å². The Morgan fingerprint density at radius 2 is 2.05 bits per heavy atom. The molecule has 1 amide bonds. The van der Waals surface area contributed by atoms with Crippen molar-refractivity contribution in [1.29, 1.82) is 0 Å². The van der Waals surface area contributed by atoms with Crippen LogP contribution in [-0.4, -0.2) is 24.1 Å². The molecule has 104 valence electrons. The number of carbonyl (C=O) groups excluding carboxylic acids is 1. The first kappa shape index (κ1) is 14.0. The number of aliphatic hydroxyl groups excluding tert-OH is 1. The number of hydrogen-bond acceptors (Lipinski definition) is 3. The molecule has 1 atom stereocenters. The van der Waals surface area contributed by atoms with Crippen molar-refractivity contribution in [3.05, 3.63) is 35.4 Å². The lowest BCUT2D eigenvalue weighted by Crippen LogP contribution is -2.23. The van der Waals surface area contributed by atoms with E-state index >= 15 is 0 Å². The molecule has 2 rings (SSSR count). The van der Waals surface area contributed by atoms with Gasteiger partial charge in [-0.2, -0.15) is 0 Å². The Morgan fingerprint density at radius 1 is 1.32 bits per heavy atom. The van der Waals surface area contributed by atoms with Crippen molar-refractivity contribution in [1.82, 2.24) is 10.6 Å². The molecule has 1 unspecified atom stereocenters. The second-order valence-electron chi connectivity index (χ2n) is 5.15. The zero-order valence-electron chi connectivity index (χ0n) is 11.2. The molecule has 0 radical (unpaired) electrons. The van der Waals surface area contributed by atoms with Crippen molar-refractivity contribution in [2.24, 2.45) is 5.92 Å². The number of carbonyl (C=O) groups is 1. The van der Waals surface area contributed by atoms with Gasteiger partial charge >= 0.3 is 0 Å². The largest absolute Gasteiger partial charge is 0.392 e. The van der Waals surface area contributed by atoms with E-state index in [9.17, 15) is 4.79 Å². The van der Waals surface area contributed by atoms with E-state index in [1.807, 2.05) is 24.3 Å². The van der Waals surface area contributed by atoms with E-state index < -0.39 is 0 Å². The van der Waals surface area contributed by atoms with Gasteiger partial charge in [0.05, 0.1) is 6.61 Å². The van der Waals surface area contributed by atoms with E-state index in [1.54, 1.807) is 0 Å². The summed E-state index contributed by atoms with van der Waals surface area (Å²) >= 11 is 0. The van der Waals surface area contributed by atoms with Crippen molar-refractivity contribution in [3.8, 4) is 0 Å². The molecule has 4 heteroatoms. The number of benzene rings is 1. The highest BCUT2D eigenvalue weighted by Crippen LogP contribution is 2.14. The van der Waals surface area contributed by atoms with E-state index in [2.05, 4.69) is 10.6 Å². The molecular formula is C15H22N2O2. The maximum Gasteiger partial charge on any atom is 0.220 e. The third-order valence-electron chi connectivity index (χ3n) is 3.64. The van der Waals surface area contributed by atoms with Crippen LogP contribution in [0.15, 0.2) is 24.3 Å². The highest BCUT2D eigenvalue weighted by atomic mass is 16.3. The molecule has 0 aromatic heterocycles.